The second-order valence-corrected chi connectivity index (χ2v) is 4.90. The summed E-state index contributed by atoms with van der Waals surface area (Å²) in [5, 5.41) is 3.33. The molecule has 1 unspecified atom stereocenters. The maximum Gasteiger partial charge on any atom is 0.216 e. The highest BCUT2D eigenvalue weighted by Crippen LogP contribution is 2.22. The molecular formula is C16H21N3O. The summed E-state index contributed by atoms with van der Waals surface area (Å²) in [6.07, 6.45) is 2.44. The number of aryl methyl sites for hydroxylation is 2. The fourth-order valence-corrected chi connectivity index (χ4v) is 2.39. The number of likely N-dealkylation sites (N-methyl/N-ethyl adjacent to an activating group) is 1. The minimum atomic E-state index is 0.145. The number of hydrogen-bond acceptors (Lipinski definition) is 4. The summed E-state index contributed by atoms with van der Waals surface area (Å²) in [7, 11) is 3.57. The number of benzene rings is 1. The van der Waals surface area contributed by atoms with Crippen molar-refractivity contribution < 1.29 is 4.74 Å². The highest BCUT2D eigenvalue weighted by atomic mass is 16.5. The first-order valence-electron chi connectivity index (χ1n) is 6.74. The summed E-state index contributed by atoms with van der Waals surface area (Å²) >= 11 is 0. The van der Waals surface area contributed by atoms with E-state index in [0.717, 1.165) is 12.1 Å². The second kappa shape index (κ2) is 6.48. The highest BCUT2D eigenvalue weighted by Gasteiger charge is 2.15. The fourth-order valence-electron chi connectivity index (χ4n) is 2.39. The van der Waals surface area contributed by atoms with Gasteiger partial charge in [-0.05, 0) is 44.0 Å². The van der Waals surface area contributed by atoms with E-state index in [9.17, 15) is 0 Å². The van der Waals surface area contributed by atoms with E-state index in [4.69, 9.17) is 4.74 Å². The number of nitrogens with zero attached hydrogens (tertiary/aromatic N) is 2. The zero-order chi connectivity index (χ0) is 14.5. The topological polar surface area (TPSA) is 47.0 Å². The van der Waals surface area contributed by atoms with Crippen molar-refractivity contribution in [2.75, 3.05) is 14.2 Å². The van der Waals surface area contributed by atoms with Crippen molar-refractivity contribution in [2.45, 2.75) is 26.3 Å². The number of ether oxygens (including phenoxy) is 1. The van der Waals surface area contributed by atoms with Crippen LogP contribution in [0.3, 0.4) is 0 Å². The van der Waals surface area contributed by atoms with Gasteiger partial charge in [0.25, 0.3) is 0 Å². The molecule has 106 valence electrons. The first kappa shape index (κ1) is 14.5. The van der Waals surface area contributed by atoms with Crippen LogP contribution in [0.5, 0.6) is 5.88 Å². The molecule has 0 fully saturated rings. The molecule has 1 heterocycles. The molecule has 1 atom stereocenters. The van der Waals surface area contributed by atoms with Gasteiger partial charge in [-0.25, -0.2) is 9.97 Å². The largest absolute Gasteiger partial charge is 0.481 e. The zero-order valence-corrected chi connectivity index (χ0v) is 12.5. The van der Waals surface area contributed by atoms with E-state index >= 15 is 0 Å². The summed E-state index contributed by atoms with van der Waals surface area (Å²) in [6, 6.07) is 8.42. The van der Waals surface area contributed by atoms with Crippen LogP contribution in [0.15, 0.2) is 30.6 Å². The molecule has 20 heavy (non-hydrogen) atoms. The molecule has 1 aromatic carbocycles. The Bertz CT molecular complexity index is 563. The summed E-state index contributed by atoms with van der Waals surface area (Å²) in [5.41, 5.74) is 4.93. The van der Waals surface area contributed by atoms with E-state index in [1.165, 1.54) is 16.7 Å². The number of nitrogens with one attached hydrogen (secondary N) is 1. The summed E-state index contributed by atoms with van der Waals surface area (Å²) in [6.45, 7) is 4.30. The van der Waals surface area contributed by atoms with Gasteiger partial charge >= 0.3 is 0 Å². The van der Waals surface area contributed by atoms with Gasteiger partial charge in [-0.3, -0.25) is 0 Å². The van der Waals surface area contributed by atoms with Gasteiger partial charge in [-0.15, -0.1) is 0 Å². The zero-order valence-electron chi connectivity index (χ0n) is 12.5. The van der Waals surface area contributed by atoms with Crippen molar-refractivity contribution in [3.8, 4) is 5.88 Å². The van der Waals surface area contributed by atoms with Crippen LogP contribution in [0.1, 0.15) is 28.4 Å². The molecule has 0 aliphatic rings. The van der Waals surface area contributed by atoms with Crippen LogP contribution in [0.25, 0.3) is 0 Å². The molecule has 4 heteroatoms. The quantitative estimate of drug-likeness (QED) is 0.908. The maximum atomic E-state index is 5.17. The second-order valence-electron chi connectivity index (χ2n) is 4.90. The molecule has 1 aromatic heterocycles. The Morgan fingerprint density at radius 3 is 2.50 bits per heavy atom. The predicted molar refractivity (Wildman–Crippen MR) is 80.0 cm³/mol. The molecule has 4 nitrogen and oxygen atoms in total. The number of aromatic nitrogens is 2. The molecular weight excluding hydrogens is 250 g/mol. The average molecular weight is 271 g/mol. The molecule has 2 rings (SSSR count). The Morgan fingerprint density at radius 1 is 1.20 bits per heavy atom. The van der Waals surface area contributed by atoms with Gasteiger partial charge in [0, 0.05) is 6.07 Å². The van der Waals surface area contributed by atoms with Crippen LogP contribution in [-0.2, 0) is 6.42 Å². The Labute approximate surface area is 120 Å². The molecule has 0 spiro atoms. The van der Waals surface area contributed by atoms with Gasteiger partial charge in [-0.1, -0.05) is 18.2 Å². The maximum absolute atomic E-state index is 5.17. The van der Waals surface area contributed by atoms with Gasteiger partial charge in [-0.2, -0.15) is 0 Å². The molecule has 0 aliphatic heterocycles. The van der Waals surface area contributed by atoms with Crippen molar-refractivity contribution in [2.24, 2.45) is 0 Å². The molecule has 0 aliphatic carbocycles. The first-order chi connectivity index (χ1) is 9.65. The van der Waals surface area contributed by atoms with Gasteiger partial charge < -0.3 is 10.1 Å². The Hall–Kier alpha value is -1.94. The van der Waals surface area contributed by atoms with Crippen LogP contribution in [0, 0.1) is 13.8 Å². The normalized spacial score (nSPS) is 12.2. The number of methoxy groups -OCH3 is 1. The molecule has 2 aromatic rings. The summed E-state index contributed by atoms with van der Waals surface area (Å²) in [5.74, 6) is 0.594. The van der Waals surface area contributed by atoms with Crippen molar-refractivity contribution in [3.63, 3.8) is 0 Å². The van der Waals surface area contributed by atoms with Crippen molar-refractivity contribution in [3.05, 3.63) is 53.0 Å². The lowest BCUT2D eigenvalue weighted by Gasteiger charge is -2.18. The van der Waals surface area contributed by atoms with E-state index in [-0.39, 0.29) is 6.04 Å². The van der Waals surface area contributed by atoms with Crippen LogP contribution in [-0.4, -0.2) is 24.1 Å². The van der Waals surface area contributed by atoms with Crippen molar-refractivity contribution >= 4 is 0 Å². The predicted octanol–water partition coefficient (Wildman–Crippen LogP) is 2.61. The first-order valence-corrected chi connectivity index (χ1v) is 6.74. The minimum absolute atomic E-state index is 0.145. The lowest BCUT2D eigenvalue weighted by atomic mass is 9.95. The third kappa shape index (κ3) is 3.14. The molecule has 0 amide bonds. The van der Waals surface area contributed by atoms with E-state index in [1.807, 2.05) is 13.1 Å². The molecule has 0 radical (unpaired) electrons. The fraction of sp³-hybridized carbons (Fsp3) is 0.375. The third-order valence-corrected chi connectivity index (χ3v) is 3.63. The van der Waals surface area contributed by atoms with Crippen molar-refractivity contribution in [1.82, 2.24) is 15.3 Å². The summed E-state index contributed by atoms with van der Waals surface area (Å²) < 4.78 is 5.17. The number of hydrogen-bond donors (Lipinski definition) is 1. The Kier molecular flexibility index (Phi) is 4.69. The van der Waals surface area contributed by atoms with Gasteiger partial charge in [0.05, 0.1) is 18.8 Å². The van der Waals surface area contributed by atoms with Crippen LogP contribution >= 0.6 is 0 Å². The van der Waals surface area contributed by atoms with Gasteiger partial charge in [0.2, 0.25) is 5.88 Å². The minimum Gasteiger partial charge on any atom is -0.481 e. The standard InChI is InChI=1S/C16H21N3O/c1-11-6-5-7-12(2)13(11)8-14(17-3)15-9-16(20-4)19-10-18-15/h5-7,9-10,14,17H,8H2,1-4H3. The molecule has 0 bridgehead atoms. The average Bonchev–Trinajstić information content (AvgIpc) is 2.47. The highest BCUT2D eigenvalue weighted by molar-refractivity contribution is 5.35. The third-order valence-electron chi connectivity index (χ3n) is 3.63. The lowest BCUT2D eigenvalue weighted by Crippen LogP contribution is -2.21. The SMILES string of the molecule is CNC(Cc1c(C)cccc1C)c1cc(OC)ncn1. The Balaban J connectivity index is 2.29. The van der Waals surface area contributed by atoms with E-state index < -0.39 is 0 Å². The smallest absolute Gasteiger partial charge is 0.216 e. The van der Waals surface area contributed by atoms with E-state index in [1.54, 1.807) is 13.4 Å². The Morgan fingerprint density at radius 2 is 1.90 bits per heavy atom. The van der Waals surface area contributed by atoms with Crippen LogP contribution in [0.2, 0.25) is 0 Å². The lowest BCUT2D eigenvalue weighted by molar-refractivity contribution is 0.394. The van der Waals surface area contributed by atoms with Crippen LogP contribution < -0.4 is 10.1 Å². The molecule has 0 saturated carbocycles. The van der Waals surface area contributed by atoms with E-state index in [2.05, 4.69) is 47.3 Å². The van der Waals surface area contributed by atoms with Crippen LogP contribution in [0.4, 0.5) is 0 Å². The number of rotatable bonds is 5. The molecule has 0 saturated heterocycles. The summed E-state index contributed by atoms with van der Waals surface area (Å²) in [4.78, 5) is 8.42. The molecule has 1 N–H and O–H groups in total. The monoisotopic (exact) mass is 271 g/mol. The van der Waals surface area contributed by atoms with Crippen molar-refractivity contribution in [1.29, 1.82) is 0 Å². The van der Waals surface area contributed by atoms with Gasteiger partial charge in [0.1, 0.15) is 6.33 Å². The van der Waals surface area contributed by atoms with E-state index in [0.29, 0.717) is 5.88 Å². The van der Waals surface area contributed by atoms with Gasteiger partial charge in [0.15, 0.2) is 0 Å².